The molecule has 1 amide bonds. The third kappa shape index (κ3) is 7.99. The molecule has 0 aliphatic carbocycles. The Labute approximate surface area is 104 Å². The quantitative estimate of drug-likeness (QED) is 0.681. The van der Waals surface area contributed by atoms with Gasteiger partial charge in [-0.3, -0.25) is 0 Å². The molecule has 0 aromatic heterocycles. The zero-order chi connectivity index (χ0) is 13.6. The van der Waals surface area contributed by atoms with Crippen LogP contribution in [0.5, 0.6) is 0 Å². The van der Waals surface area contributed by atoms with Crippen LogP contribution in [0.2, 0.25) is 0 Å². The average molecular weight is 246 g/mol. The van der Waals surface area contributed by atoms with Gasteiger partial charge in [0.05, 0.1) is 6.61 Å². The van der Waals surface area contributed by atoms with E-state index < -0.39 is 11.7 Å². The number of carbonyl (C=O) groups is 1. The lowest BCUT2D eigenvalue weighted by Crippen LogP contribution is -2.45. The van der Waals surface area contributed by atoms with E-state index in [0.29, 0.717) is 6.42 Å². The van der Waals surface area contributed by atoms with E-state index in [4.69, 9.17) is 15.6 Å². The van der Waals surface area contributed by atoms with Crippen LogP contribution in [0.1, 0.15) is 41.0 Å². The summed E-state index contributed by atoms with van der Waals surface area (Å²) in [6, 6.07) is -0.413. The highest BCUT2D eigenvalue weighted by Gasteiger charge is 2.22. The number of alkyl carbamates (subject to hydrolysis) is 1. The van der Waals surface area contributed by atoms with E-state index in [-0.39, 0.29) is 24.6 Å². The van der Waals surface area contributed by atoms with Gasteiger partial charge in [-0.25, -0.2) is 4.79 Å². The molecular formula is C12H26N2O3. The minimum atomic E-state index is -0.509. The Morgan fingerprint density at radius 3 is 2.29 bits per heavy atom. The molecule has 5 nitrogen and oxygen atoms in total. The highest BCUT2D eigenvalue weighted by Crippen LogP contribution is 2.11. The molecule has 0 aromatic rings. The molecule has 0 aliphatic rings. The van der Waals surface area contributed by atoms with Crippen LogP contribution in [-0.4, -0.2) is 35.5 Å². The predicted molar refractivity (Wildman–Crippen MR) is 67.7 cm³/mol. The van der Waals surface area contributed by atoms with Crippen LogP contribution in [0, 0.1) is 5.92 Å². The van der Waals surface area contributed by atoms with Gasteiger partial charge < -0.3 is 20.9 Å². The first kappa shape index (κ1) is 16.2. The van der Waals surface area contributed by atoms with E-state index in [1.54, 1.807) is 0 Å². The molecule has 0 radical (unpaired) electrons. The Kier molecular flexibility index (Phi) is 6.49. The molecule has 0 spiro atoms. The van der Waals surface area contributed by atoms with Crippen molar-refractivity contribution < 1.29 is 14.6 Å². The molecular weight excluding hydrogens is 220 g/mol. The normalized spacial score (nSPS) is 15.5. The molecule has 4 N–H and O–H groups in total. The van der Waals surface area contributed by atoms with Gasteiger partial charge in [-0.05, 0) is 33.1 Å². The number of aliphatic hydroxyl groups is 1. The van der Waals surface area contributed by atoms with E-state index >= 15 is 0 Å². The number of aliphatic hydroxyl groups excluding tert-OH is 1. The van der Waals surface area contributed by atoms with Crippen molar-refractivity contribution in [3.63, 3.8) is 0 Å². The highest BCUT2D eigenvalue weighted by atomic mass is 16.6. The summed E-state index contributed by atoms with van der Waals surface area (Å²) in [4.78, 5) is 11.6. The maximum atomic E-state index is 11.6. The Bertz CT molecular complexity index is 236. The van der Waals surface area contributed by atoms with Crippen molar-refractivity contribution in [2.24, 2.45) is 11.7 Å². The second-order valence-electron chi connectivity index (χ2n) is 5.68. The third-order valence-corrected chi connectivity index (χ3v) is 2.30. The molecule has 0 rings (SSSR count). The van der Waals surface area contributed by atoms with Gasteiger partial charge in [0, 0.05) is 12.1 Å². The van der Waals surface area contributed by atoms with Crippen LogP contribution in [-0.2, 0) is 4.74 Å². The topological polar surface area (TPSA) is 84.6 Å². The second-order valence-corrected chi connectivity index (χ2v) is 5.68. The lowest BCUT2D eigenvalue weighted by molar-refractivity contribution is 0.0482. The summed E-state index contributed by atoms with van der Waals surface area (Å²) in [6.45, 7) is 9.35. The Hall–Kier alpha value is -0.810. The molecule has 17 heavy (non-hydrogen) atoms. The van der Waals surface area contributed by atoms with Crippen molar-refractivity contribution in [3.05, 3.63) is 0 Å². The molecule has 102 valence electrons. The number of nitrogens with two attached hydrogens (primary N) is 1. The molecule has 0 bridgehead atoms. The number of hydrogen-bond donors (Lipinski definition) is 3. The first-order valence-corrected chi connectivity index (χ1v) is 6.01. The van der Waals surface area contributed by atoms with Crippen molar-refractivity contribution in [3.8, 4) is 0 Å². The standard InChI is InChI=1S/C12H26N2O3/c1-8(2)10(6-9(13)7-15)14-11(16)17-12(3,4)5/h8-10,15H,6-7,13H2,1-5H3,(H,14,16). The predicted octanol–water partition coefficient (Wildman–Crippen LogP) is 1.25. The lowest BCUT2D eigenvalue weighted by Gasteiger charge is -2.27. The summed E-state index contributed by atoms with van der Waals surface area (Å²) in [6.07, 6.45) is 0.0919. The van der Waals surface area contributed by atoms with E-state index in [9.17, 15) is 4.79 Å². The van der Waals surface area contributed by atoms with E-state index in [1.807, 2.05) is 34.6 Å². The van der Waals surface area contributed by atoms with Gasteiger partial charge in [-0.1, -0.05) is 13.8 Å². The number of ether oxygens (including phenoxy) is 1. The molecule has 0 aliphatic heterocycles. The van der Waals surface area contributed by atoms with Crippen molar-refractivity contribution in [2.45, 2.75) is 58.7 Å². The zero-order valence-electron chi connectivity index (χ0n) is 11.5. The molecule has 0 saturated heterocycles. The number of amides is 1. The average Bonchev–Trinajstić information content (AvgIpc) is 2.13. The van der Waals surface area contributed by atoms with E-state index in [0.717, 1.165) is 0 Å². The Morgan fingerprint density at radius 1 is 1.41 bits per heavy atom. The first-order valence-electron chi connectivity index (χ1n) is 6.01. The van der Waals surface area contributed by atoms with Crippen LogP contribution < -0.4 is 11.1 Å². The van der Waals surface area contributed by atoms with Crippen molar-refractivity contribution >= 4 is 6.09 Å². The first-order chi connectivity index (χ1) is 7.65. The number of carbonyl (C=O) groups excluding carboxylic acids is 1. The van der Waals surface area contributed by atoms with Crippen LogP contribution >= 0.6 is 0 Å². The summed E-state index contributed by atoms with van der Waals surface area (Å²) in [5.74, 6) is 0.236. The number of rotatable bonds is 5. The van der Waals surface area contributed by atoms with Crippen LogP contribution in [0.15, 0.2) is 0 Å². The molecule has 0 heterocycles. The fraction of sp³-hybridized carbons (Fsp3) is 0.917. The second kappa shape index (κ2) is 6.81. The molecule has 0 aromatic carbocycles. The van der Waals surface area contributed by atoms with Crippen molar-refractivity contribution in [1.29, 1.82) is 0 Å². The monoisotopic (exact) mass is 246 g/mol. The maximum Gasteiger partial charge on any atom is 0.407 e. The molecule has 0 fully saturated rings. The largest absolute Gasteiger partial charge is 0.444 e. The van der Waals surface area contributed by atoms with Gasteiger partial charge in [-0.2, -0.15) is 0 Å². The van der Waals surface area contributed by atoms with Crippen LogP contribution in [0.25, 0.3) is 0 Å². The lowest BCUT2D eigenvalue weighted by atomic mass is 9.97. The van der Waals surface area contributed by atoms with Crippen LogP contribution in [0.3, 0.4) is 0 Å². The van der Waals surface area contributed by atoms with E-state index in [2.05, 4.69) is 5.32 Å². The van der Waals surface area contributed by atoms with Gasteiger partial charge in [0.25, 0.3) is 0 Å². The zero-order valence-corrected chi connectivity index (χ0v) is 11.5. The molecule has 0 saturated carbocycles. The fourth-order valence-corrected chi connectivity index (χ4v) is 1.36. The summed E-state index contributed by atoms with van der Waals surface area (Å²) >= 11 is 0. The third-order valence-electron chi connectivity index (χ3n) is 2.30. The van der Waals surface area contributed by atoms with E-state index in [1.165, 1.54) is 0 Å². The van der Waals surface area contributed by atoms with Gasteiger partial charge in [0.2, 0.25) is 0 Å². The maximum absolute atomic E-state index is 11.6. The summed E-state index contributed by atoms with van der Waals surface area (Å²) < 4.78 is 5.18. The molecule has 2 unspecified atom stereocenters. The minimum Gasteiger partial charge on any atom is -0.444 e. The molecule has 2 atom stereocenters. The highest BCUT2D eigenvalue weighted by molar-refractivity contribution is 5.68. The molecule has 5 heteroatoms. The SMILES string of the molecule is CC(C)C(CC(N)CO)NC(=O)OC(C)(C)C. The van der Waals surface area contributed by atoms with Crippen LogP contribution in [0.4, 0.5) is 4.79 Å². The van der Waals surface area contributed by atoms with Gasteiger partial charge in [0.1, 0.15) is 5.60 Å². The van der Waals surface area contributed by atoms with Gasteiger partial charge >= 0.3 is 6.09 Å². The van der Waals surface area contributed by atoms with Gasteiger partial charge in [0.15, 0.2) is 0 Å². The Morgan fingerprint density at radius 2 is 1.94 bits per heavy atom. The Balaban J connectivity index is 4.30. The van der Waals surface area contributed by atoms with Crippen molar-refractivity contribution in [1.82, 2.24) is 5.32 Å². The number of hydrogen-bond acceptors (Lipinski definition) is 4. The van der Waals surface area contributed by atoms with Gasteiger partial charge in [-0.15, -0.1) is 0 Å². The summed E-state index contributed by atoms with van der Waals surface area (Å²) in [5.41, 5.74) is 5.16. The number of nitrogens with one attached hydrogen (secondary N) is 1. The summed E-state index contributed by atoms with van der Waals surface area (Å²) in [5, 5.41) is 11.7. The smallest absolute Gasteiger partial charge is 0.407 e. The minimum absolute atomic E-state index is 0.0841. The fourth-order valence-electron chi connectivity index (χ4n) is 1.36. The summed E-state index contributed by atoms with van der Waals surface area (Å²) in [7, 11) is 0. The van der Waals surface area contributed by atoms with Crippen molar-refractivity contribution in [2.75, 3.05) is 6.61 Å².